The van der Waals surface area contributed by atoms with Crippen molar-refractivity contribution >= 4 is 33.5 Å². The lowest BCUT2D eigenvalue weighted by Crippen LogP contribution is -2.18. The monoisotopic (exact) mass is 272 g/mol. The van der Waals surface area contributed by atoms with Crippen molar-refractivity contribution in [2.24, 2.45) is 0 Å². The normalized spacial score (nSPS) is 21.1. The number of aromatic nitrogens is 1. The summed E-state index contributed by atoms with van der Waals surface area (Å²) in [4.78, 5) is 4.47. The zero-order chi connectivity index (χ0) is 9.97. The molecule has 1 aromatic rings. The first-order valence-electron chi connectivity index (χ1n) is 4.73. The predicted octanol–water partition coefficient (Wildman–Crippen LogP) is 3.07. The molecule has 1 aliphatic heterocycles. The molecule has 2 nitrogen and oxygen atoms in total. The van der Waals surface area contributed by atoms with Crippen molar-refractivity contribution < 1.29 is 0 Å². The van der Waals surface area contributed by atoms with Crippen LogP contribution in [0.5, 0.6) is 0 Å². The Bertz CT molecular complexity index is 324. The Morgan fingerprint density at radius 3 is 3.07 bits per heavy atom. The van der Waals surface area contributed by atoms with Crippen LogP contribution in [-0.2, 0) is 0 Å². The van der Waals surface area contributed by atoms with Crippen LogP contribution < -0.4 is 5.32 Å². The molecule has 2 rings (SSSR count). The second kappa shape index (κ2) is 4.53. The number of hydrogen-bond donors (Lipinski definition) is 1. The van der Waals surface area contributed by atoms with Crippen LogP contribution in [-0.4, -0.2) is 22.5 Å². The zero-order valence-corrected chi connectivity index (χ0v) is 10.5. The molecule has 1 aromatic heterocycles. The molecule has 0 aromatic carbocycles. The maximum absolute atomic E-state index is 4.47. The minimum atomic E-state index is 0.605. The minimum absolute atomic E-state index is 0.605. The number of nitrogens with zero attached hydrogens (tertiary/aromatic N) is 1. The molecule has 1 fully saturated rings. The molecule has 14 heavy (non-hydrogen) atoms. The van der Waals surface area contributed by atoms with Crippen LogP contribution in [0.15, 0.2) is 16.6 Å². The zero-order valence-electron chi connectivity index (χ0n) is 8.09. The molecule has 2 heterocycles. The number of pyridine rings is 1. The second-order valence-electron chi connectivity index (χ2n) is 3.47. The first-order valence-corrected chi connectivity index (χ1v) is 6.68. The van der Waals surface area contributed by atoms with Crippen LogP contribution in [0.25, 0.3) is 0 Å². The number of hydrogen-bond acceptors (Lipinski definition) is 3. The second-order valence-corrected chi connectivity index (χ2v) is 5.47. The summed E-state index contributed by atoms with van der Waals surface area (Å²) in [5.41, 5.74) is 1.04. The Kier molecular flexibility index (Phi) is 3.34. The summed E-state index contributed by atoms with van der Waals surface area (Å²) in [6.45, 7) is 2.01. The first kappa shape index (κ1) is 10.3. The maximum atomic E-state index is 4.47. The van der Waals surface area contributed by atoms with E-state index >= 15 is 0 Å². The highest BCUT2D eigenvalue weighted by molar-refractivity contribution is 9.10. The van der Waals surface area contributed by atoms with Gasteiger partial charge in [-0.25, -0.2) is 4.98 Å². The van der Waals surface area contributed by atoms with Gasteiger partial charge in [-0.05, 0) is 47.2 Å². The quantitative estimate of drug-likeness (QED) is 0.896. The summed E-state index contributed by atoms with van der Waals surface area (Å²) in [5, 5.41) is 3.46. The maximum Gasteiger partial charge on any atom is 0.126 e. The van der Waals surface area contributed by atoms with Crippen molar-refractivity contribution in [1.29, 1.82) is 0 Å². The van der Waals surface area contributed by atoms with Gasteiger partial charge in [-0.1, -0.05) is 0 Å². The van der Waals surface area contributed by atoms with E-state index in [1.807, 2.05) is 30.8 Å². The van der Waals surface area contributed by atoms with Gasteiger partial charge in [-0.2, -0.15) is 11.8 Å². The van der Waals surface area contributed by atoms with Gasteiger partial charge in [0.1, 0.15) is 5.82 Å². The number of thioether (sulfide) groups is 1. The molecule has 0 saturated carbocycles. The number of rotatable bonds is 2. The third-order valence-electron chi connectivity index (χ3n) is 2.30. The molecular weight excluding hydrogens is 260 g/mol. The molecule has 4 heteroatoms. The van der Waals surface area contributed by atoms with Crippen molar-refractivity contribution in [3.8, 4) is 0 Å². The SMILES string of the molecule is Cc1nc(NC2CCSC2)ccc1Br. The Morgan fingerprint density at radius 1 is 1.57 bits per heavy atom. The highest BCUT2D eigenvalue weighted by Gasteiger charge is 2.15. The fourth-order valence-electron chi connectivity index (χ4n) is 1.48. The van der Waals surface area contributed by atoms with Crippen LogP contribution in [0.2, 0.25) is 0 Å². The molecule has 0 bridgehead atoms. The van der Waals surface area contributed by atoms with Gasteiger partial charge in [0.05, 0.1) is 5.69 Å². The molecule has 1 saturated heterocycles. The Morgan fingerprint density at radius 2 is 2.43 bits per heavy atom. The van der Waals surface area contributed by atoms with E-state index in [0.717, 1.165) is 16.0 Å². The van der Waals surface area contributed by atoms with E-state index in [-0.39, 0.29) is 0 Å². The van der Waals surface area contributed by atoms with Gasteiger partial charge in [0.2, 0.25) is 0 Å². The summed E-state index contributed by atoms with van der Waals surface area (Å²) in [7, 11) is 0. The number of anilines is 1. The van der Waals surface area contributed by atoms with E-state index < -0.39 is 0 Å². The lowest BCUT2D eigenvalue weighted by atomic mass is 10.2. The number of aryl methyl sites for hydroxylation is 1. The highest BCUT2D eigenvalue weighted by atomic mass is 79.9. The molecule has 1 unspecified atom stereocenters. The fraction of sp³-hybridized carbons (Fsp3) is 0.500. The van der Waals surface area contributed by atoms with E-state index in [2.05, 4.69) is 26.2 Å². The standard InChI is InChI=1S/C10H13BrN2S/c1-7-9(11)2-3-10(12-7)13-8-4-5-14-6-8/h2-3,8H,4-6H2,1H3,(H,12,13). The topological polar surface area (TPSA) is 24.9 Å². The van der Waals surface area contributed by atoms with Gasteiger partial charge in [-0.15, -0.1) is 0 Å². The van der Waals surface area contributed by atoms with E-state index in [9.17, 15) is 0 Å². The molecule has 76 valence electrons. The molecule has 0 spiro atoms. The van der Waals surface area contributed by atoms with Crippen LogP contribution in [0.1, 0.15) is 12.1 Å². The van der Waals surface area contributed by atoms with Crippen LogP contribution in [0.4, 0.5) is 5.82 Å². The lowest BCUT2D eigenvalue weighted by molar-refractivity contribution is 0.805. The van der Waals surface area contributed by atoms with Crippen LogP contribution >= 0.6 is 27.7 Å². The molecule has 1 N–H and O–H groups in total. The molecule has 1 atom stereocenters. The van der Waals surface area contributed by atoms with Gasteiger partial charge >= 0.3 is 0 Å². The van der Waals surface area contributed by atoms with Gasteiger partial charge in [0.15, 0.2) is 0 Å². The third kappa shape index (κ3) is 2.42. The van der Waals surface area contributed by atoms with Gasteiger partial charge in [-0.3, -0.25) is 0 Å². The van der Waals surface area contributed by atoms with Crippen LogP contribution in [0, 0.1) is 6.92 Å². The Balaban J connectivity index is 2.05. The Labute approximate surface area is 97.0 Å². The fourth-order valence-corrected chi connectivity index (χ4v) is 2.86. The van der Waals surface area contributed by atoms with E-state index in [0.29, 0.717) is 6.04 Å². The number of halogens is 1. The summed E-state index contributed by atoms with van der Waals surface area (Å²) in [5.74, 6) is 3.47. The predicted molar refractivity (Wildman–Crippen MR) is 66.0 cm³/mol. The molecule has 1 aliphatic rings. The Hall–Kier alpha value is -0.220. The minimum Gasteiger partial charge on any atom is -0.366 e. The van der Waals surface area contributed by atoms with Crippen molar-refractivity contribution in [3.63, 3.8) is 0 Å². The van der Waals surface area contributed by atoms with E-state index in [1.54, 1.807) is 0 Å². The summed E-state index contributed by atoms with van der Waals surface area (Å²) in [6, 6.07) is 4.68. The van der Waals surface area contributed by atoms with Crippen LogP contribution in [0.3, 0.4) is 0 Å². The van der Waals surface area contributed by atoms with Crippen molar-refractivity contribution in [3.05, 3.63) is 22.3 Å². The summed E-state index contributed by atoms with van der Waals surface area (Å²) >= 11 is 5.46. The van der Waals surface area contributed by atoms with Gasteiger partial charge in [0, 0.05) is 16.3 Å². The third-order valence-corrected chi connectivity index (χ3v) is 4.30. The highest BCUT2D eigenvalue weighted by Crippen LogP contribution is 2.22. The average molecular weight is 273 g/mol. The smallest absolute Gasteiger partial charge is 0.126 e. The summed E-state index contributed by atoms with van der Waals surface area (Å²) in [6.07, 6.45) is 1.25. The molecule has 0 aliphatic carbocycles. The van der Waals surface area contributed by atoms with E-state index in [1.165, 1.54) is 17.9 Å². The molecule has 0 amide bonds. The lowest BCUT2D eigenvalue weighted by Gasteiger charge is -2.12. The van der Waals surface area contributed by atoms with E-state index in [4.69, 9.17) is 0 Å². The average Bonchev–Trinajstić information content (AvgIpc) is 2.64. The largest absolute Gasteiger partial charge is 0.366 e. The number of nitrogens with one attached hydrogen (secondary N) is 1. The molecular formula is C10H13BrN2S. The first-order chi connectivity index (χ1) is 6.75. The van der Waals surface area contributed by atoms with Crippen molar-refractivity contribution in [2.45, 2.75) is 19.4 Å². The van der Waals surface area contributed by atoms with Gasteiger partial charge in [0.25, 0.3) is 0 Å². The van der Waals surface area contributed by atoms with Crippen molar-refractivity contribution in [1.82, 2.24) is 4.98 Å². The van der Waals surface area contributed by atoms with Crippen molar-refractivity contribution in [2.75, 3.05) is 16.8 Å². The summed E-state index contributed by atoms with van der Waals surface area (Å²) < 4.78 is 1.07. The van der Waals surface area contributed by atoms with Gasteiger partial charge < -0.3 is 5.32 Å². The molecule has 0 radical (unpaired) electrons.